The minimum absolute atomic E-state index is 0.107. The third kappa shape index (κ3) is 39.5. The SMILES string of the molecule is CCCCCCCC/C=C\CCCCCC(=O)OC1C(OCC(NC(=O)C(O)CCCCCCCCCCCCCCCCCCCCCC)C(O)/C=C/CCCCCCCCCCCC)OC(CO)C(O)C1O. The molecule has 1 aliphatic rings. The van der Waals surface area contributed by atoms with Gasteiger partial charge in [-0.1, -0.05) is 270 Å². The van der Waals surface area contributed by atoms with E-state index in [2.05, 4.69) is 38.2 Å². The van der Waals surface area contributed by atoms with Crippen molar-refractivity contribution in [2.24, 2.45) is 0 Å². The highest BCUT2D eigenvalue weighted by Gasteiger charge is 2.47. The summed E-state index contributed by atoms with van der Waals surface area (Å²) in [4.78, 5) is 26.5. The lowest BCUT2D eigenvalue weighted by atomic mass is 9.99. The van der Waals surface area contributed by atoms with Gasteiger partial charge in [0.1, 0.15) is 24.4 Å². The summed E-state index contributed by atoms with van der Waals surface area (Å²) in [6.07, 6.45) is 49.4. The molecular weight excluding hydrogens is 931 g/mol. The van der Waals surface area contributed by atoms with E-state index in [4.69, 9.17) is 14.2 Å². The first-order valence-corrected chi connectivity index (χ1v) is 31.6. The van der Waals surface area contributed by atoms with E-state index in [1.165, 1.54) is 193 Å². The van der Waals surface area contributed by atoms with Crippen LogP contribution in [-0.2, 0) is 23.8 Å². The van der Waals surface area contributed by atoms with Crippen molar-refractivity contribution in [3.05, 3.63) is 24.3 Å². The van der Waals surface area contributed by atoms with Gasteiger partial charge in [0.05, 0.1) is 25.4 Å². The lowest BCUT2D eigenvalue weighted by molar-refractivity contribution is -0.305. The number of esters is 1. The van der Waals surface area contributed by atoms with E-state index < -0.39 is 67.4 Å². The van der Waals surface area contributed by atoms with Gasteiger partial charge in [0, 0.05) is 6.42 Å². The zero-order valence-electron chi connectivity index (χ0n) is 48.2. The fraction of sp³-hybridized carbons (Fsp3) is 0.905. The number of rotatable bonds is 54. The maximum Gasteiger partial charge on any atom is 0.306 e. The summed E-state index contributed by atoms with van der Waals surface area (Å²) < 4.78 is 17.6. The molecule has 0 spiro atoms. The Morgan fingerprint density at radius 1 is 0.514 bits per heavy atom. The zero-order valence-corrected chi connectivity index (χ0v) is 48.2. The Morgan fingerprint density at radius 3 is 1.31 bits per heavy atom. The fourth-order valence-electron chi connectivity index (χ4n) is 10.1. The molecule has 8 unspecified atom stereocenters. The molecule has 0 aromatic heterocycles. The van der Waals surface area contributed by atoms with E-state index in [1.54, 1.807) is 6.08 Å². The largest absolute Gasteiger partial charge is 0.454 e. The molecule has 436 valence electrons. The predicted octanol–water partition coefficient (Wildman–Crippen LogP) is 14.9. The number of nitrogens with one attached hydrogen (secondary N) is 1. The second kappa shape index (κ2) is 51.9. The number of allylic oxidation sites excluding steroid dienone is 3. The second-order valence-corrected chi connectivity index (χ2v) is 22.1. The van der Waals surface area contributed by atoms with Crippen LogP contribution in [0.25, 0.3) is 0 Å². The van der Waals surface area contributed by atoms with Crippen molar-refractivity contribution in [2.45, 2.75) is 352 Å². The lowest BCUT2D eigenvalue weighted by Gasteiger charge is -2.41. The molecule has 1 fully saturated rings. The molecule has 0 aromatic rings. The highest BCUT2D eigenvalue weighted by Crippen LogP contribution is 2.26. The van der Waals surface area contributed by atoms with Crippen LogP contribution in [0.4, 0.5) is 0 Å². The summed E-state index contributed by atoms with van der Waals surface area (Å²) >= 11 is 0. The first-order chi connectivity index (χ1) is 36.2. The van der Waals surface area contributed by atoms with Crippen LogP contribution in [0.1, 0.15) is 303 Å². The summed E-state index contributed by atoms with van der Waals surface area (Å²) in [5.74, 6) is -1.20. The quantitative estimate of drug-likeness (QED) is 0.0195. The highest BCUT2D eigenvalue weighted by atomic mass is 16.7. The van der Waals surface area contributed by atoms with Crippen molar-refractivity contribution in [3.63, 3.8) is 0 Å². The number of unbranched alkanes of at least 4 members (excludes halogenated alkanes) is 38. The normalized spacial score (nSPS) is 19.4. The minimum atomic E-state index is -1.61. The van der Waals surface area contributed by atoms with Gasteiger partial charge in [0.2, 0.25) is 5.91 Å². The molecule has 1 rings (SSSR count). The standard InChI is InChI=1S/C63H119NO10/c1-4-7-10-13-16-19-22-25-26-27-28-29-30-31-33-35-38-41-44-47-50-56(67)62(71)64-54(55(66)49-46-43-40-37-34-24-21-18-15-12-9-6-3)53-72-63-61(60(70)59(69)57(52-65)73-63)74-58(68)51-48-45-42-39-36-32-23-20-17-14-11-8-5-2/h32,36,46,49,54-57,59-61,63,65-67,69-70H,4-31,33-35,37-45,47-48,50-53H2,1-3H3,(H,64,71)/b36-32-,49-46+. The van der Waals surface area contributed by atoms with Crippen LogP contribution in [-0.4, -0.2) is 99.6 Å². The maximum atomic E-state index is 13.4. The smallest absolute Gasteiger partial charge is 0.306 e. The maximum absolute atomic E-state index is 13.4. The number of carbonyl (C=O) groups is 2. The molecule has 0 radical (unpaired) electrons. The van der Waals surface area contributed by atoms with Crippen LogP contribution in [0.5, 0.6) is 0 Å². The Kier molecular flexibility index (Phi) is 49.2. The predicted molar refractivity (Wildman–Crippen MR) is 306 cm³/mol. The van der Waals surface area contributed by atoms with Crippen LogP contribution in [0.15, 0.2) is 24.3 Å². The van der Waals surface area contributed by atoms with Gasteiger partial charge in [-0.25, -0.2) is 0 Å². The Hall–Kier alpha value is -1.86. The molecule has 0 bridgehead atoms. The van der Waals surface area contributed by atoms with Gasteiger partial charge >= 0.3 is 5.97 Å². The van der Waals surface area contributed by atoms with Gasteiger partial charge in [-0.2, -0.15) is 0 Å². The van der Waals surface area contributed by atoms with Gasteiger partial charge in [0.15, 0.2) is 12.4 Å². The third-order valence-electron chi connectivity index (χ3n) is 15.1. The van der Waals surface area contributed by atoms with Crippen molar-refractivity contribution < 1.29 is 49.3 Å². The van der Waals surface area contributed by atoms with Crippen molar-refractivity contribution in [1.29, 1.82) is 0 Å². The van der Waals surface area contributed by atoms with Crippen LogP contribution < -0.4 is 5.32 Å². The number of hydrogen-bond donors (Lipinski definition) is 6. The van der Waals surface area contributed by atoms with Crippen LogP contribution >= 0.6 is 0 Å². The van der Waals surface area contributed by atoms with Crippen molar-refractivity contribution in [2.75, 3.05) is 13.2 Å². The number of ether oxygens (including phenoxy) is 3. The van der Waals surface area contributed by atoms with Crippen molar-refractivity contribution >= 4 is 11.9 Å². The van der Waals surface area contributed by atoms with Crippen LogP contribution in [0.2, 0.25) is 0 Å². The molecule has 0 aromatic carbocycles. The first kappa shape index (κ1) is 70.2. The fourth-order valence-corrected chi connectivity index (χ4v) is 10.1. The van der Waals surface area contributed by atoms with Crippen molar-refractivity contribution in [3.8, 4) is 0 Å². The van der Waals surface area contributed by atoms with Gasteiger partial charge in [-0.15, -0.1) is 0 Å². The van der Waals surface area contributed by atoms with Crippen LogP contribution in [0, 0.1) is 0 Å². The van der Waals surface area contributed by atoms with Gasteiger partial charge in [-0.3, -0.25) is 9.59 Å². The van der Waals surface area contributed by atoms with E-state index in [0.29, 0.717) is 19.3 Å². The van der Waals surface area contributed by atoms with E-state index >= 15 is 0 Å². The first-order valence-electron chi connectivity index (χ1n) is 31.6. The molecular formula is C63H119NO10. The highest BCUT2D eigenvalue weighted by molar-refractivity contribution is 5.80. The van der Waals surface area contributed by atoms with E-state index in [9.17, 15) is 35.1 Å². The molecule has 0 saturated carbocycles. The van der Waals surface area contributed by atoms with Gasteiger partial charge < -0.3 is 45.1 Å². The number of amides is 1. The molecule has 74 heavy (non-hydrogen) atoms. The molecule has 6 N–H and O–H groups in total. The molecule has 1 saturated heterocycles. The number of aliphatic hydroxyl groups is 5. The molecule has 8 atom stereocenters. The molecule has 1 aliphatic heterocycles. The van der Waals surface area contributed by atoms with E-state index in [-0.39, 0.29) is 13.0 Å². The molecule has 11 nitrogen and oxygen atoms in total. The summed E-state index contributed by atoms with van der Waals surface area (Å²) in [5, 5.41) is 56.9. The Labute approximate surface area is 454 Å². The second-order valence-electron chi connectivity index (χ2n) is 22.1. The number of hydrogen-bond acceptors (Lipinski definition) is 10. The Balaban J connectivity index is 2.65. The van der Waals surface area contributed by atoms with Gasteiger partial charge in [0.25, 0.3) is 0 Å². The lowest BCUT2D eigenvalue weighted by Crippen LogP contribution is -2.61. The number of aliphatic hydroxyl groups excluding tert-OH is 5. The zero-order chi connectivity index (χ0) is 54.0. The topological polar surface area (TPSA) is 175 Å². The summed E-state index contributed by atoms with van der Waals surface area (Å²) in [5.41, 5.74) is 0. The number of carbonyl (C=O) groups excluding carboxylic acids is 2. The minimum Gasteiger partial charge on any atom is -0.454 e. The summed E-state index contributed by atoms with van der Waals surface area (Å²) in [6.45, 7) is 5.80. The van der Waals surface area contributed by atoms with Crippen LogP contribution in [0.3, 0.4) is 0 Å². The summed E-state index contributed by atoms with van der Waals surface area (Å²) in [6, 6.07) is -1.02. The summed E-state index contributed by atoms with van der Waals surface area (Å²) in [7, 11) is 0. The van der Waals surface area contributed by atoms with E-state index in [0.717, 1.165) is 64.2 Å². The van der Waals surface area contributed by atoms with E-state index in [1.807, 2.05) is 6.08 Å². The Morgan fingerprint density at radius 2 is 0.892 bits per heavy atom. The molecule has 1 heterocycles. The monoisotopic (exact) mass is 1050 g/mol. The average molecular weight is 1050 g/mol. The van der Waals surface area contributed by atoms with Gasteiger partial charge in [-0.05, 0) is 51.4 Å². The molecule has 1 amide bonds. The Bertz CT molecular complexity index is 1300. The average Bonchev–Trinajstić information content (AvgIpc) is 3.40. The molecule has 0 aliphatic carbocycles. The van der Waals surface area contributed by atoms with Crippen molar-refractivity contribution in [1.82, 2.24) is 5.32 Å². The third-order valence-corrected chi connectivity index (χ3v) is 15.1. The molecule has 11 heteroatoms.